The van der Waals surface area contributed by atoms with Crippen LogP contribution in [0.5, 0.6) is 0 Å². The van der Waals surface area contributed by atoms with E-state index < -0.39 is 47.6 Å². The summed E-state index contributed by atoms with van der Waals surface area (Å²) in [5, 5.41) is 14.1. The number of carbonyl (C=O) groups excluding carboxylic acids is 3. The molecule has 1 aromatic rings. The van der Waals surface area contributed by atoms with Crippen LogP contribution in [0.15, 0.2) is 24.3 Å². The molecule has 0 saturated carbocycles. The molecule has 0 aromatic heterocycles. The average Bonchev–Trinajstić information content (AvgIpc) is 2.60. The van der Waals surface area contributed by atoms with E-state index in [2.05, 4.69) is 10.6 Å². The summed E-state index contributed by atoms with van der Waals surface area (Å²) in [4.78, 5) is 47.2. The van der Waals surface area contributed by atoms with Crippen LogP contribution >= 0.6 is 0 Å². The molecule has 0 aliphatic carbocycles. The first-order valence-corrected chi connectivity index (χ1v) is 8.85. The minimum absolute atomic E-state index is 0.156. The maximum Gasteiger partial charge on any atom is 0.326 e. The van der Waals surface area contributed by atoms with E-state index in [-0.39, 0.29) is 25.0 Å². The minimum Gasteiger partial charge on any atom is -0.480 e. The molecule has 2 amide bonds. The van der Waals surface area contributed by atoms with E-state index in [1.807, 2.05) is 0 Å². The maximum absolute atomic E-state index is 13.9. The Morgan fingerprint density at radius 2 is 1.82 bits per heavy atom. The van der Waals surface area contributed by atoms with E-state index in [0.29, 0.717) is 0 Å². The van der Waals surface area contributed by atoms with Crippen molar-refractivity contribution in [3.8, 4) is 0 Å². The molecule has 0 bridgehead atoms. The number of amides is 2. The zero-order valence-corrected chi connectivity index (χ0v) is 16.0. The van der Waals surface area contributed by atoms with Gasteiger partial charge in [-0.25, -0.2) is 9.18 Å². The lowest BCUT2D eigenvalue weighted by atomic mass is 9.97. The van der Waals surface area contributed by atoms with Crippen molar-refractivity contribution in [2.24, 2.45) is 5.92 Å². The molecule has 0 radical (unpaired) electrons. The molecular weight excluding hydrogens is 371 g/mol. The third kappa shape index (κ3) is 7.34. The van der Waals surface area contributed by atoms with Crippen molar-refractivity contribution in [2.45, 2.75) is 45.7 Å². The zero-order valence-electron chi connectivity index (χ0n) is 16.0. The fourth-order valence-corrected chi connectivity index (χ4v) is 2.64. The number of aliphatic carboxylic acids is 1. The van der Waals surface area contributed by atoms with Crippen LogP contribution in [0.25, 0.3) is 0 Å². The minimum atomic E-state index is -1.38. The van der Waals surface area contributed by atoms with Gasteiger partial charge in [0.15, 0.2) is 0 Å². The number of carboxylic acids is 1. The van der Waals surface area contributed by atoms with Gasteiger partial charge in [-0.3, -0.25) is 14.4 Å². The van der Waals surface area contributed by atoms with E-state index in [1.54, 1.807) is 13.0 Å². The third-order valence-electron chi connectivity index (χ3n) is 4.00. The number of carbonyl (C=O) groups is 4. The summed E-state index contributed by atoms with van der Waals surface area (Å²) in [6.07, 6.45) is -0.361. The standard InChI is InChI=1S/C19H25FN2O6/c1-4-28-16(24)9-11(2)17(19(26)27)22-18(25)15(21-12(3)23)10-13-7-5-6-8-14(13)20/h5-8,11,15,17H,4,9-10H2,1-3H3,(H,21,23)(H,22,25)(H,26,27)/t11-,15+,17-/m1/s1. The number of rotatable bonds is 10. The molecule has 154 valence electrons. The molecule has 0 spiro atoms. The van der Waals surface area contributed by atoms with Crippen LogP contribution in [0.4, 0.5) is 4.39 Å². The quantitative estimate of drug-likeness (QED) is 0.508. The summed E-state index contributed by atoms with van der Waals surface area (Å²) in [5.74, 6) is -4.54. The molecule has 3 atom stereocenters. The molecule has 9 heteroatoms. The van der Waals surface area contributed by atoms with Crippen LogP contribution in [0.1, 0.15) is 32.8 Å². The number of nitrogens with one attached hydrogen (secondary N) is 2. The summed E-state index contributed by atoms with van der Waals surface area (Å²) in [6, 6.07) is 3.21. The first-order chi connectivity index (χ1) is 13.1. The van der Waals surface area contributed by atoms with E-state index in [9.17, 15) is 28.7 Å². The van der Waals surface area contributed by atoms with Gasteiger partial charge in [0.25, 0.3) is 0 Å². The van der Waals surface area contributed by atoms with Gasteiger partial charge in [0.1, 0.15) is 17.9 Å². The summed E-state index contributed by atoms with van der Waals surface area (Å²) in [7, 11) is 0. The van der Waals surface area contributed by atoms with Crippen LogP contribution in [0.3, 0.4) is 0 Å². The number of halogens is 1. The van der Waals surface area contributed by atoms with Gasteiger partial charge in [0.05, 0.1) is 13.0 Å². The SMILES string of the molecule is CCOC(=O)C[C@@H](C)[C@@H](NC(=O)[C@H](Cc1ccccc1F)NC(C)=O)C(=O)O. The van der Waals surface area contributed by atoms with Gasteiger partial charge in [0.2, 0.25) is 11.8 Å². The second-order valence-corrected chi connectivity index (χ2v) is 6.36. The van der Waals surface area contributed by atoms with Gasteiger partial charge in [-0.1, -0.05) is 25.1 Å². The number of carboxylic acid groups (broad SMARTS) is 1. The largest absolute Gasteiger partial charge is 0.480 e. The van der Waals surface area contributed by atoms with Gasteiger partial charge in [0, 0.05) is 13.3 Å². The molecule has 8 nitrogen and oxygen atoms in total. The van der Waals surface area contributed by atoms with Gasteiger partial charge in [-0.15, -0.1) is 0 Å². The van der Waals surface area contributed by atoms with Crippen molar-refractivity contribution >= 4 is 23.8 Å². The summed E-state index contributed by atoms with van der Waals surface area (Å²) in [5.41, 5.74) is 0.197. The maximum atomic E-state index is 13.9. The lowest BCUT2D eigenvalue weighted by Gasteiger charge is -2.24. The molecule has 0 aliphatic heterocycles. The molecule has 0 fully saturated rings. The van der Waals surface area contributed by atoms with Crippen LogP contribution in [-0.2, 0) is 30.3 Å². The summed E-state index contributed by atoms with van der Waals surface area (Å²) >= 11 is 0. The van der Waals surface area contributed by atoms with Crippen LogP contribution in [0, 0.1) is 11.7 Å². The summed E-state index contributed by atoms with van der Waals surface area (Å²) in [6.45, 7) is 4.46. The smallest absolute Gasteiger partial charge is 0.326 e. The zero-order chi connectivity index (χ0) is 21.3. The Kier molecular flexibility index (Phi) is 9.07. The Bertz CT molecular complexity index is 724. The Morgan fingerprint density at radius 3 is 2.36 bits per heavy atom. The van der Waals surface area contributed by atoms with Gasteiger partial charge < -0.3 is 20.5 Å². The number of benzene rings is 1. The van der Waals surface area contributed by atoms with Crippen molar-refractivity contribution in [2.75, 3.05) is 6.61 Å². The number of ether oxygens (including phenoxy) is 1. The van der Waals surface area contributed by atoms with Gasteiger partial charge in [-0.2, -0.15) is 0 Å². The van der Waals surface area contributed by atoms with E-state index in [1.165, 1.54) is 32.0 Å². The normalized spacial score (nSPS) is 13.7. The first-order valence-electron chi connectivity index (χ1n) is 8.85. The van der Waals surface area contributed by atoms with E-state index in [4.69, 9.17) is 4.74 Å². The van der Waals surface area contributed by atoms with Crippen molar-refractivity contribution in [3.05, 3.63) is 35.6 Å². The van der Waals surface area contributed by atoms with E-state index >= 15 is 0 Å². The fraction of sp³-hybridized carbons (Fsp3) is 0.474. The van der Waals surface area contributed by atoms with Gasteiger partial charge in [-0.05, 0) is 24.5 Å². The highest BCUT2D eigenvalue weighted by Crippen LogP contribution is 2.13. The number of hydrogen-bond acceptors (Lipinski definition) is 5. The Hall–Kier alpha value is -2.97. The molecule has 0 saturated heterocycles. The van der Waals surface area contributed by atoms with Crippen molar-refractivity contribution in [1.82, 2.24) is 10.6 Å². The number of esters is 1. The monoisotopic (exact) mass is 396 g/mol. The van der Waals surface area contributed by atoms with Crippen LogP contribution in [-0.4, -0.2) is 47.6 Å². The topological polar surface area (TPSA) is 122 Å². The fourth-order valence-electron chi connectivity index (χ4n) is 2.64. The van der Waals surface area contributed by atoms with Gasteiger partial charge >= 0.3 is 11.9 Å². The predicted molar refractivity (Wildman–Crippen MR) is 97.7 cm³/mol. The first kappa shape index (κ1) is 23.1. The Morgan fingerprint density at radius 1 is 1.18 bits per heavy atom. The number of hydrogen-bond donors (Lipinski definition) is 3. The third-order valence-corrected chi connectivity index (χ3v) is 4.00. The molecule has 0 aliphatic rings. The molecule has 3 N–H and O–H groups in total. The predicted octanol–water partition coefficient (Wildman–Crippen LogP) is 1.03. The molecule has 0 heterocycles. The highest BCUT2D eigenvalue weighted by molar-refractivity contribution is 5.90. The highest BCUT2D eigenvalue weighted by atomic mass is 19.1. The second kappa shape index (κ2) is 11.0. The molecular formula is C19H25FN2O6. The highest BCUT2D eigenvalue weighted by Gasteiger charge is 2.31. The van der Waals surface area contributed by atoms with Crippen molar-refractivity contribution in [3.63, 3.8) is 0 Å². The van der Waals surface area contributed by atoms with E-state index in [0.717, 1.165) is 0 Å². The molecule has 0 unspecified atom stereocenters. The molecule has 1 rings (SSSR count). The Balaban J connectivity index is 2.93. The average molecular weight is 396 g/mol. The lowest BCUT2D eigenvalue weighted by Crippen LogP contribution is -2.54. The molecule has 28 heavy (non-hydrogen) atoms. The lowest BCUT2D eigenvalue weighted by molar-refractivity contribution is -0.147. The van der Waals surface area contributed by atoms with Crippen LogP contribution < -0.4 is 10.6 Å². The van der Waals surface area contributed by atoms with Crippen molar-refractivity contribution in [1.29, 1.82) is 0 Å². The summed E-state index contributed by atoms with van der Waals surface area (Å²) < 4.78 is 18.7. The second-order valence-electron chi connectivity index (χ2n) is 6.36. The van der Waals surface area contributed by atoms with Crippen LogP contribution in [0.2, 0.25) is 0 Å². The van der Waals surface area contributed by atoms with Crippen molar-refractivity contribution < 1.29 is 33.4 Å². The Labute approximate surface area is 162 Å². The molecule has 1 aromatic carbocycles.